The number of halogens is 1. The second-order valence-corrected chi connectivity index (χ2v) is 8.98. The number of hydrogen-bond acceptors (Lipinski definition) is 6. The van der Waals surface area contributed by atoms with Crippen molar-refractivity contribution in [3.63, 3.8) is 0 Å². The maximum absolute atomic E-state index is 6.40. The van der Waals surface area contributed by atoms with Gasteiger partial charge < -0.3 is 23.7 Å². The average Bonchev–Trinajstić information content (AvgIpc) is 2.90. The minimum Gasteiger partial charge on any atom is -0.493 e. The van der Waals surface area contributed by atoms with Crippen LogP contribution in [0.3, 0.4) is 0 Å². The van der Waals surface area contributed by atoms with Gasteiger partial charge in [0.05, 0.1) is 28.4 Å². The maximum atomic E-state index is 6.40. The molecule has 1 aliphatic heterocycles. The summed E-state index contributed by atoms with van der Waals surface area (Å²) in [6.45, 7) is 1.15. The molecule has 0 unspecified atom stereocenters. The fraction of sp³-hybridized carbons (Fsp3) is 0.321. The summed E-state index contributed by atoms with van der Waals surface area (Å²) in [5.74, 6) is 3.32. The maximum Gasteiger partial charge on any atom is 0.204 e. The Morgan fingerprint density at radius 2 is 1.51 bits per heavy atom. The molecule has 3 aromatic rings. The lowest BCUT2D eigenvalue weighted by molar-refractivity contribution is 0.274. The number of nitrogens with zero attached hydrogens (tertiary/aromatic N) is 1. The molecule has 0 spiro atoms. The Bertz CT molecular complexity index is 1210. The smallest absolute Gasteiger partial charge is 0.204 e. The van der Waals surface area contributed by atoms with E-state index in [1.165, 1.54) is 0 Å². The van der Waals surface area contributed by atoms with Gasteiger partial charge in [-0.3, -0.25) is 4.99 Å². The van der Waals surface area contributed by atoms with Crippen molar-refractivity contribution < 1.29 is 23.7 Å². The summed E-state index contributed by atoms with van der Waals surface area (Å²) in [7, 11) is 6.57. The normalized spacial score (nSPS) is 12.4. The van der Waals surface area contributed by atoms with Crippen LogP contribution in [-0.2, 0) is 19.4 Å². The highest BCUT2D eigenvalue weighted by Crippen LogP contribution is 2.44. The summed E-state index contributed by atoms with van der Waals surface area (Å²) in [5.41, 5.74) is 5.35. The van der Waals surface area contributed by atoms with Crippen molar-refractivity contribution >= 4 is 21.6 Å². The molecule has 0 N–H and O–H groups in total. The van der Waals surface area contributed by atoms with Crippen molar-refractivity contribution in [2.24, 2.45) is 4.99 Å². The number of methoxy groups -OCH3 is 4. The number of aliphatic imine (C=N–C) groups is 1. The lowest BCUT2D eigenvalue weighted by Crippen LogP contribution is -2.17. The van der Waals surface area contributed by atoms with E-state index in [2.05, 4.69) is 15.9 Å². The van der Waals surface area contributed by atoms with Crippen molar-refractivity contribution in [2.75, 3.05) is 35.0 Å². The molecule has 1 aliphatic rings. The molecule has 0 atom stereocenters. The number of hydrogen-bond donors (Lipinski definition) is 0. The SMILES string of the molecule is COc1cc(Br)c(CCC2=NCCc3cc(OC)c(OC)c(OCc4ccccc4)c32)cc1OC. The number of fused-ring (bicyclic) bond motifs is 1. The van der Waals surface area contributed by atoms with Gasteiger partial charge in [0, 0.05) is 22.3 Å². The van der Waals surface area contributed by atoms with Crippen molar-refractivity contribution in [3.05, 3.63) is 75.3 Å². The van der Waals surface area contributed by atoms with E-state index in [4.69, 9.17) is 28.7 Å². The van der Waals surface area contributed by atoms with Crippen LogP contribution in [0.5, 0.6) is 28.7 Å². The van der Waals surface area contributed by atoms with Crippen LogP contribution in [0, 0.1) is 0 Å². The molecule has 6 nitrogen and oxygen atoms in total. The largest absolute Gasteiger partial charge is 0.493 e. The third-order valence-electron chi connectivity index (χ3n) is 6.09. The van der Waals surface area contributed by atoms with E-state index in [9.17, 15) is 0 Å². The summed E-state index contributed by atoms with van der Waals surface area (Å²) in [4.78, 5) is 4.91. The minimum absolute atomic E-state index is 0.422. The second kappa shape index (κ2) is 11.5. The molecule has 0 bridgehead atoms. The number of ether oxygens (including phenoxy) is 5. The fourth-order valence-electron chi connectivity index (χ4n) is 4.33. The molecule has 0 aromatic heterocycles. The zero-order valence-corrected chi connectivity index (χ0v) is 22.1. The third-order valence-corrected chi connectivity index (χ3v) is 6.83. The summed E-state index contributed by atoms with van der Waals surface area (Å²) in [5, 5.41) is 0. The van der Waals surface area contributed by atoms with E-state index in [0.29, 0.717) is 35.4 Å². The van der Waals surface area contributed by atoms with Crippen LogP contribution in [-0.4, -0.2) is 40.7 Å². The van der Waals surface area contributed by atoms with E-state index >= 15 is 0 Å². The van der Waals surface area contributed by atoms with Gasteiger partial charge in [-0.15, -0.1) is 0 Å². The van der Waals surface area contributed by atoms with Gasteiger partial charge in [-0.25, -0.2) is 0 Å². The van der Waals surface area contributed by atoms with Crippen LogP contribution < -0.4 is 23.7 Å². The van der Waals surface area contributed by atoms with E-state index in [0.717, 1.165) is 58.2 Å². The van der Waals surface area contributed by atoms with Crippen molar-refractivity contribution in [2.45, 2.75) is 25.9 Å². The van der Waals surface area contributed by atoms with Gasteiger partial charge >= 0.3 is 0 Å². The monoisotopic (exact) mass is 539 g/mol. The Balaban J connectivity index is 1.68. The second-order valence-electron chi connectivity index (χ2n) is 8.13. The van der Waals surface area contributed by atoms with Crippen LogP contribution in [0.2, 0.25) is 0 Å². The van der Waals surface area contributed by atoms with Gasteiger partial charge in [0.15, 0.2) is 23.0 Å². The molecular weight excluding hydrogens is 510 g/mol. The first kappa shape index (κ1) is 24.9. The molecule has 35 heavy (non-hydrogen) atoms. The Morgan fingerprint density at radius 3 is 2.20 bits per heavy atom. The van der Waals surface area contributed by atoms with Gasteiger partial charge in [0.1, 0.15) is 6.61 Å². The van der Waals surface area contributed by atoms with Gasteiger partial charge in [0.25, 0.3) is 0 Å². The first-order chi connectivity index (χ1) is 17.1. The fourth-order valence-corrected chi connectivity index (χ4v) is 4.85. The summed E-state index contributed by atoms with van der Waals surface area (Å²) >= 11 is 3.68. The number of aryl methyl sites for hydroxylation is 1. The predicted molar refractivity (Wildman–Crippen MR) is 141 cm³/mol. The summed E-state index contributed by atoms with van der Waals surface area (Å²) in [6, 6.07) is 16.1. The molecule has 1 heterocycles. The van der Waals surface area contributed by atoms with E-state index < -0.39 is 0 Å². The highest BCUT2D eigenvalue weighted by atomic mass is 79.9. The Kier molecular flexibility index (Phi) is 8.18. The molecule has 0 aliphatic carbocycles. The quantitative estimate of drug-likeness (QED) is 0.314. The molecule has 3 aromatic carbocycles. The van der Waals surface area contributed by atoms with Gasteiger partial charge in [0.2, 0.25) is 5.75 Å². The first-order valence-electron chi connectivity index (χ1n) is 11.5. The zero-order valence-electron chi connectivity index (χ0n) is 20.5. The van der Waals surface area contributed by atoms with Crippen LogP contribution >= 0.6 is 15.9 Å². The van der Waals surface area contributed by atoms with E-state index in [-0.39, 0.29) is 0 Å². The summed E-state index contributed by atoms with van der Waals surface area (Å²) < 4.78 is 29.7. The van der Waals surface area contributed by atoms with Crippen LogP contribution in [0.4, 0.5) is 0 Å². The molecule has 0 fully saturated rings. The van der Waals surface area contributed by atoms with Crippen molar-refractivity contribution in [1.29, 1.82) is 0 Å². The lowest BCUT2D eigenvalue weighted by atomic mass is 9.92. The molecule has 0 saturated carbocycles. The lowest BCUT2D eigenvalue weighted by Gasteiger charge is -2.24. The van der Waals surface area contributed by atoms with Gasteiger partial charge in [-0.2, -0.15) is 0 Å². The van der Waals surface area contributed by atoms with E-state index in [1.807, 2.05) is 48.5 Å². The Morgan fingerprint density at radius 1 is 0.800 bits per heavy atom. The summed E-state index contributed by atoms with van der Waals surface area (Å²) in [6.07, 6.45) is 2.32. The topological polar surface area (TPSA) is 58.5 Å². The average molecular weight is 540 g/mol. The molecule has 0 amide bonds. The molecule has 0 radical (unpaired) electrons. The van der Waals surface area contributed by atoms with Crippen LogP contribution in [0.1, 0.15) is 28.7 Å². The van der Waals surface area contributed by atoms with Crippen molar-refractivity contribution in [1.82, 2.24) is 0 Å². The van der Waals surface area contributed by atoms with Gasteiger partial charge in [-0.05, 0) is 54.2 Å². The molecule has 4 rings (SSSR count). The molecular formula is C28H30BrNO5. The van der Waals surface area contributed by atoms with Crippen LogP contribution in [0.25, 0.3) is 0 Å². The third kappa shape index (κ3) is 5.40. The zero-order chi connectivity index (χ0) is 24.8. The van der Waals surface area contributed by atoms with Crippen molar-refractivity contribution in [3.8, 4) is 28.7 Å². The van der Waals surface area contributed by atoms with Crippen LogP contribution in [0.15, 0.2) is 58.0 Å². The molecule has 0 saturated heterocycles. The van der Waals surface area contributed by atoms with Gasteiger partial charge in [-0.1, -0.05) is 46.3 Å². The number of rotatable bonds is 10. The molecule has 184 valence electrons. The Labute approximate surface area is 215 Å². The highest BCUT2D eigenvalue weighted by Gasteiger charge is 2.26. The standard InChI is InChI=1S/C28H30BrNO5/c1-31-23-14-19(21(29)16-24(23)32-2)10-11-22-26-20(12-13-30-22)15-25(33-3)27(34-4)28(26)35-17-18-8-6-5-7-9-18/h5-9,14-16H,10-13,17H2,1-4H3. The molecule has 7 heteroatoms. The highest BCUT2D eigenvalue weighted by molar-refractivity contribution is 9.10. The predicted octanol–water partition coefficient (Wildman–Crippen LogP) is 6.04. The number of benzene rings is 3. The first-order valence-corrected chi connectivity index (χ1v) is 12.3. The Hall–Kier alpha value is -3.19. The van der Waals surface area contributed by atoms with E-state index in [1.54, 1.807) is 28.4 Å². The minimum atomic E-state index is 0.422.